The van der Waals surface area contributed by atoms with Crippen LogP contribution >= 0.6 is 11.6 Å². The topological polar surface area (TPSA) is 133 Å². The first kappa shape index (κ1) is 22.7. The number of amides is 2. The smallest absolute Gasteiger partial charge is 0.340 e. The Morgan fingerprint density at radius 1 is 1.45 bits per heavy atom. The zero-order valence-electron chi connectivity index (χ0n) is 16.3. The van der Waals surface area contributed by atoms with Crippen LogP contribution in [0.15, 0.2) is 6.07 Å². The molecule has 0 spiro atoms. The summed E-state index contributed by atoms with van der Waals surface area (Å²) in [5.41, 5.74) is 0.871. The van der Waals surface area contributed by atoms with Gasteiger partial charge in [-0.3, -0.25) is 0 Å². The van der Waals surface area contributed by atoms with E-state index in [2.05, 4.69) is 11.1 Å². The average molecular weight is 444 g/mol. The lowest BCUT2D eigenvalue weighted by Gasteiger charge is -2.40. The van der Waals surface area contributed by atoms with Crippen LogP contribution in [0, 0.1) is 18.3 Å². The zero-order chi connectivity index (χ0) is 21.8. The highest BCUT2D eigenvalue weighted by Crippen LogP contribution is 2.25. The lowest BCUT2D eigenvalue weighted by Crippen LogP contribution is -2.57. The Kier molecular flexibility index (Phi) is 7.26. The van der Waals surface area contributed by atoms with Crippen LogP contribution in [0.5, 0.6) is 0 Å². The van der Waals surface area contributed by atoms with Crippen molar-refractivity contribution in [2.24, 2.45) is 0 Å². The van der Waals surface area contributed by atoms with Gasteiger partial charge in [-0.1, -0.05) is 0 Å². The third kappa shape index (κ3) is 5.27. The number of piperazine rings is 1. The number of esters is 1. The molecular formula is C17H22ClN5O5S. The number of carbonyl (C=O) groups excluding carboxylic acids is 2. The van der Waals surface area contributed by atoms with Gasteiger partial charge in [0.1, 0.15) is 17.1 Å². The minimum atomic E-state index is -3.87. The van der Waals surface area contributed by atoms with Crippen LogP contribution in [0.3, 0.4) is 0 Å². The molecule has 1 aromatic rings. The first-order chi connectivity index (χ1) is 13.6. The molecule has 1 aliphatic rings. The predicted molar refractivity (Wildman–Crippen MR) is 106 cm³/mol. The van der Waals surface area contributed by atoms with Gasteiger partial charge in [-0.2, -0.15) is 5.26 Å². The summed E-state index contributed by atoms with van der Waals surface area (Å²) in [7, 11) is -3.87. The van der Waals surface area contributed by atoms with Crippen molar-refractivity contribution in [2.75, 3.05) is 36.4 Å². The third-order valence-corrected chi connectivity index (χ3v) is 6.02. The summed E-state index contributed by atoms with van der Waals surface area (Å²) in [6.07, 6.45) is 0. The van der Waals surface area contributed by atoms with Gasteiger partial charge in [0.2, 0.25) is 10.0 Å². The summed E-state index contributed by atoms with van der Waals surface area (Å²) in [6, 6.07) is 2.50. The van der Waals surface area contributed by atoms with Crippen molar-refractivity contribution >= 4 is 39.4 Å². The van der Waals surface area contributed by atoms with Crippen LogP contribution < -0.4 is 9.62 Å². The number of carbonyl (C=O) groups is 2. The van der Waals surface area contributed by atoms with Crippen LogP contribution in [0.4, 0.5) is 10.6 Å². The lowest BCUT2D eigenvalue weighted by molar-refractivity contribution is 0.0525. The maximum atomic E-state index is 12.2. The van der Waals surface area contributed by atoms with E-state index in [4.69, 9.17) is 16.3 Å². The number of ether oxygens (including phenoxy) is 1. The molecule has 0 aliphatic carbocycles. The fraction of sp³-hybridized carbons (Fsp3) is 0.529. The molecule has 1 unspecified atom stereocenters. The van der Waals surface area contributed by atoms with Crippen LogP contribution in [0.2, 0.25) is 0 Å². The Balaban J connectivity index is 2.22. The summed E-state index contributed by atoms with van der Waals surface area (Å²) < 4.78 is 29.9. The number of pyridine rings is 1. The van der Waals surface area contributed by atoms with E-state index >= 15 is 0 Å². The minimum Gasteiger partial charge on any atom is -0.462 e. The molecule has 1 aliphatic heterocycles. The van der Waals surface area contributed by atoms with Gasteiger partial charge in [-0.25, -0.2) is 27.7 Å². The second kappa shape index (κ2) is 9.28. The Morgan fingerprint density at radius 2 is 2.14 bits per heavy atom. The number of aryl methyl sites for hydroxylation is 1. The van der Waals surface area contributed by atoms with Crippen molar-refractivity contribution in [3.8, 4) is 6.07 Å². The molecule has 0 aromatic carbocycles. The Hall–Kier alpha value is -2.58. The van der Waals surface area contributed by atoms with E-state index in [1.54, 1.807) is 13.8 Å². The highest BCUT2D eigenvalue weighted by Gasteiger charge is 2.31. The second-order valence-electron chi connectivity index (χ2n) is 6.44. The maximum absolute atomic E-state index is 12.2. The number of hydrogen-bond donors (Lipinski definition) is 1. The van der Waals surface area contributed by atoms with Gasteiger partial charge in [-0.05, 0) is 26.8 Å². The number of alkyl halides is 1. The average Bonchev–Trinajstić information content (AvgIpc) is 2.67. The number of nitrogens with one attached hydrogen (secondary N) is 1. The minimum absolute atomic E-state index is 0.211. The molecule has 158 valence electrons. The summed E-state index contributed by atoms with van der Waals surface area (Å²) in [5.74, 6) is -0.144. The Bertz CT molecular complexity index is 946. The fourth-order valence-corrected chi connectivity index (χ4v) is 3.60. The van der Waals surface area contributed by atoms with E-state index in [1.165, 1.54) is 11.0 Å². The van der Waals surface area contributed by atoms with Crippen LogP contribution in [0.1, 0.15) is 35.5 Å². The molecule has 0 saturated carbocycles. The van der Waals surface area contributed by atoms with Gasteiger partial charge < -0.3 is 14.5 Å². The third-order valence-electron chi connectivity index (χ3n) is 4.38. The molecule has 1 atom stereocenters. The SMILES string of the molecule is CCOC(=O)c1cc(C#N)c(N2CCN(C(=O)NS(=O)(=O)CCl)CC2C)nc1C. The number of nitriles is 1. The number of aromatic nitrogens is 1. The number of anilines is 1. The lowest BCUT2D eigenvalue weighted by atomic mass is 10.1. The molecule has 10 nitrogen and oxygen atoms in total. The molecule has 1 fully saturated rings. The van der Waals surface area contributed by atoms with E-state index in [0.29, 0.717) is 18.1 Å². The number of rotatable bonds is 5. The van der Waals surface area contributed by atoms with Gasteiger partial charge in [-0.15, -0.1) is 11.6 Å². The fourth-order valence-electron chi connectivity index (χ4n) is 2.99. The van der Waals surface area contributed by atoms with Crippen molar-refractivity contribution in [2.45, 2.75) is 26.8 Å². The van der Waals surface area contributed by atoms with E-state index in [9.17, 15) is 23.3 Å². The molecule has 2 amide bonds. The van der Waals surface area contributed by atoms with Gasteiger partial charge in [0.05, 0.1) is 23.4 Å². The van der Waals surface area contributed by atoms with Gasteiger partial charge >= 0.3 is 12.0 Å². The van der Waals surface area contributed by atoms with Gasteiger partial charge in [0.15, 0.2) is 0 Å². The Labute approximate surface area is 174 Å². The standard InChI is InChI=1S/C17H22ClN5O5S/c1-4-28-16(24)14-7-13(8-19)15(20-12(14)3)23-6-5-22(9-11(23)2)17(25)21-29(26,27)10-18/h7,11H,4-6,9-10H2,1-3H3,(H,21,25). The largest absolute Gasteiger partial charge is 0.462 e. The predicted octanol–water partition coefficient (Wildman–Crippen LogP) is 1.18. The summed E-state index contributed by atoms with van der Waals surface area (Å²) in [4.78, 5) is 31.8. The quantitative estimate of drug-likeness (QED) is 0.529. The molecule has 0 radical (unpaired) electrons. The van der Waals surface area contributed by atoms with Crippen molar-refractivity contribution < 1.29 is 22.7 Å². The van der Waals surface area contributed by atoms with Gasteiger partial charge in [0, 0.05) is 25.7 Å². The van der Waals surface area contributed by atoms with Crippen LogP contribution in [-0.2, 0) is 14.8 Å². The Morgan fingerprint density at radius 3 is 2.69 bits per heavy atom. The molecule has 2 rings (SSSR count). The number of sulfonamides is 1. The first-order valence-corrected chi connectivity index (χ1v) is 11.0. The molecule has 1 aromatic heterocycles. The summed E-state index contributed by atoms with van der Waals surface area (Å²) >= 11 is 5.31. The van der Waals surface area contributed by atoms with E-state index in [1.807, 2.05) is 16.5 Å². The van der Waals surface area contributed by atoms with E-state index in [-0.39, 0.29) is 36.9 Å². The number of halogens is 1. The highest BCUT2D eigenvalue weighted by atomic mass is 35.5. The zero-order valence-corrected chi connectivity index (χ0v) is 17.9. The van der Waals surface area contributed by atoms with Crippen molar-refractivity contribution in [3.63, 3.8) is 0 Å². The molecular weight excluding hydrogens is 422 g/mol. The molecule has 2 heterocycles. The van der Waals surface area contributed by atoms with Crippen molar-refractivity contribution in [1.82, 2.24) is 14.6 Å². The summed E-state index contributed by atoms with van der Waals surface area (Å²) in [5, 5.41) is 8.82. The van der Waals surface area contributed by atoms with Crippen molar-refractivity contribution in [1.29, 1.82) is 5.26 Å². The summed E-state index contributed by atoms with van der Waals surface area (Å²) in [6.45, 7) is 6.15. The normalized spacial score (nSPS) is 16.9. The molecule has 12 heteroatoms. The van der Waals surface area contributed by atoms with E-state index in [0.717, 1.165) is 0 Å². The van der Waals surface area contributed by atoms with E-state index < -0.39 is 27.2 Å². The van der Waals surface area contributed by atoms with Crippen LogP contribution in [-0.4, -0.2) is 67.8 Å². The molecule has 0 bridgehead atoms. The monoisotopic (exact) mass is 443 g/mol. The van der Waals surface area contributed by atoms with Gasteiger partial charge in [0.25, 0.3) is 0 Å². The molecule has 29 heavy (non-hydrogen) atoms. The van der Waals surface area contributed by atoms with Crippen molar-refractivity contribution in [3.05, 3.63) is 22.9 Å². The highest BCUT2D eigenvalue weighted by molar-refractivity contribution is 7.91. The number of urea groups is 1. The van der Waals surface area contributed by atoms with Crippen LogP contribution in [0.25, 0.3) is 0 Å². The maximum Gasteiger partial charge on any atom is 0.340 e. The molecule has 1 N–H and O–H groups in total. The number of nitrogens with zero attached hydrogens (tertiary/aromatic N) is 4. The molecule has 1 saturated heterocycles. The second-order valence-corrected chi connectivity index (χ2v) is 8.75. The number of hydrogen-bond acceptors (Lipinski definition) is 8. The first-order valence-electron chi connectivity index (χ1n) is 8.84.